The van der Waals surface area contributed by atoms with Gasteiger partial charge in [0.2, 0.25) is 12.1 Å². The lowest BCUT2D eigenvalue weighted by Gasteiger charge is -2.17. The molecule has 0 fully saturated rings. The van der Waals surface area contributed by atoms with Crippen LogP contribution < -0.4 is 30.7 Å². The fraction of sp³-hybridized carbons (Fsp3) is 0.250. The molecule has 4 amide bonds. The van der Waals surface area contributed by atoms with Gasteiger partial charge in [-0.1, -0.05) is 59.6 Å². The molecule has 0 aromatic heterocycles. The molecular formula is C48H45Cl5N8O8. The molecule has 0 bridgehead atoms. The third kappa shape index (κ3) is 13.2. The Labute approximate surface area is 422 Å². The van der Waals surface area contributed by atoms with Crippen molar-refractivity contribution in [2.24, 2.45) is 20.5 Å². The van der Waals surface area contributed by atoms with Crippen molar-refractivity contribution in [2.75, 3.05) is 35.5 Å². The number of ether oxygens (including phenoxy) is 2. The minimum Gasteiger partial charge on any atom is -0.495 e. The normalized spacial score (nSPS) is 13.4. The number of anilines is 4. The summed E-state index contributed by atoms with van der Waals surface area (Å²) in [4.78, 5) is 79.5. The van der Waals surface area contributed by atoms with Gasteiger partial charge in [-0.2, -0.15) is 20.5 Å². The summed E-state index contributed by atoms with van der Waals surface area (Å²) in [5, 5.41) is 25.0. The number of carbonyl (C=O) groups excluding carboxylic acids is 6. The van der Waals surface area contributed by atoms with Crippen molar-refractivity contribution in [3.63, 3.8) is 0 Å². The molecule has 69 heavy (non-hydrogen) atoms. The van der Waals surface area contributed by atoms with Crippen LogP contribution in [-0.4, -0.2) is 61.5 Å². The first-order valence-corrected chi connectivity index (χ1v) is 22.9. The molecule has 5 rings (SSSR count). The Morgan fingerprint density at radius 2 is 0.928 bits per heavy atom. The molecule has 5 unspecified atom stereocenters. The molecule has 4 N–H and O–H groups in total. The number of hydrogen-bond acceptors (Lipinski definition) is 12. The predicted molar refractivity (Wildman–Crippen MR) is 269 cm³/mol. The number of alkyl halides is 3. The Morgan fingerprint density at radius 3 is 1.32 bits per heavy atom. The van der Waals surface area contributed by atoms with Crippen LogP contribution in [0.1, 0.15) is 88.2 Å². The number of benzene rings is 5. The fourth-order valence-electron chi connectivity index (χ4n) is 6.65. The number of azo groups is 2. The Hall–Kier alpha value is -6.43. The number of nitrogens with zero attached hydrogens (tertiary/aromatic N) is 4. The maximum absolute atomic E-state index is 13.6. The van der Waals surface area contributed by atoms with E-state index in [1.165, 1.54) is 68.8 Å². The Bertz CT molecular complexity index is 2860. The van der Waals surface area contributed by atoms with E-state index in [0.29, 0.717) is 39.6 Å². The highest BCUT2D eigenvalue weighted by Crippen LogP contribution is 2.39. The molecule has 0 spiro atoms. The predicted octanol–water partition coefficient (Wildman–Crippen LogP) is 12.8. The lowest BCUT2D eigenvalue weighted by Crippen LogP contribution is -2.32. The summed E-state index contributed by atoms with van der Waals surface area (Å²) < 4.78 is 10.8. The van der Waals surface area contributed by atoms with Crippen molar-refractivity contribution < 1.29 is 38.2 Å². The van der Waals surface area contributed by atoms with Crippen molar-refractivity contribution in [1.82, 2.24) is 0 Å². The van der Waals surface area contributed by atoms with Gasteiger partial charge in [0.25, 0.3) is 23.6 Å². The Balaban J connectivity index is 1.31. The number of halogens is 5. The first-order valence-electron chi connectivity index (χ1n) is 20.8. The molecule has 0 aliphatic rings. The summed E-state index contributed by atoms with van der Waals surface area (Å²) in [7, 11) is 2.90. The molecule has 0 saturated carbocycles. The third-order valence-corrected chi connectivity index (χ3v) is 11.7. The number of ketones is 2. The van der Waals surface area contributed by atoms with Crippen LogP contribution in [0.3, 0.4) is 0 Å². The van der Waals surface area contributed by atoms with Crippen LogP contribution in [0, 0.1) is 0 Å². The zero-order chi connectivity index (χ0) is 50.7. The van der Waals surface area contributed by atoms with E-state index in [9.17, 15) is 28.8 Å². The second kappa shape index (κ2) is 24.2. The van der Waals surface area contributed by atoms with E-state index >= 15 is 0 Å². The SMILES string of the molecule is COc1cccc(C(C)Cl)c1NC(=O)c1cccc(N=NC(C(C)=O)C(=O)Nc2ccc(NC(=O)C(N=Nc3cccc(C(=O)Nc4c(OC)cccc4C(C)Cl)c3Cl)C(C)=O)c(C(C)Cl)c2)c1Cl. The topological polar surface area (TPSA) is 218 Å². The fourth-order valence-corrected chi connectivity index (χ4v) is 7.69. The van der Waals surface area contributed by atoms with E-state index < -0.39 is 63.4 Å². The van der Waals surface area contributed by atoms with Crippen molar-refractivity contribution in [1.29, 1.82) is 0 Å². The standard InChI is InChI=1S/C48H45Cl5N8O8/c1-23(49)29-12-10-18-37(68-6)43(29)56-45(64)31-14-8-16-35(39(31)52)58-60-41(26(4)62)47(66)54-28-20-21-34(33(22-28)25(3)51)55-48(67)42(27(5)63)61-59-36-17-9-15-32(40(36)53)46(65)57-44-30(24(2)50)13-11-19-38(44)69-7/h8-25,41-42H,1-7H3,(H,54,66)(H,55,67)(H,56,64)(H,57,65). The highest BCUT2D eigenvalue weighted by Gasteiger charge is 2.28. The highest BCUT2D eigenvalue weighted by molar-refractivity contribution is 6.37. The highest BCUT2D eigenvalue weighted by atomic mass is 35.5. The minimum absolute atomic E-state index is 0.00322. The molecule has 0 aliphatic carbocycles. The van der Waals surface area contributed by atoms with Gasteiger partial charge < -0.3 is 30.7 Å². The molecule has 0 radical (unpaired) electrons. The largest absolute Gasteiger partial charge is 0.495 e. The van der Waals surface area contributed by atoms with Gasteiger partial charge >= 0.3 is 0 Å². The average Bonchev–Trinajstić information content (AvgIpc) is 3.30. The zero-order valence-corrected chi connectivity index (χ0v) is 41.8. The van der Waals surface area contributed by atoms with Gasteiger partial charge in [-0.3, -0.25) is 28.8 Å². The number of carbonyl (C=O) groups is 6. The first kappa shape index (κ1) is 53.5. The summed E-state index contributed by atoms with van der Waals surface area (Å²) >= 11 is 32.5. The summed E-state index contributed by atoms with van der Waals surface area (Å²) in [5.74, 6) is -3.55. The van der Waals surface area contributed by atoms with Crippen LogP contribution in [0.4, 0.5) is 34.1 Å². The van der Waals surface area contributed by atoms with E-state index in [0.717, 1.165) is 13.8 Å². The van der Waals surface area contributed by atoms with Gasteiger partial charge in [-0.25, -0.2) is 0 Å². The first-order chi connectivity index (χ1) is 32.8. The summed E-state index contributed by atoms with van der Waals surface area (Å²) in [5.41, 5.74) is 2.59. The smallest absolute Gasteiger partial charge is 0.258 e. The average molecular weight is 1040 g/mol. The van der Waals surface area contributed by atoms with Gasteiger partial charge in [0.1, 0.15) is 22.9 Å². The number of rotatable bonds is 19. The maximum Gasteiger partial charge on any atom is 0.258 e. The molecule has 5 aromatic carbocycles. The number of para-hydroxylation sites is 2. The molecule has 16 nitrogen and oxygen atoms in total. The van der Waals surface area contributed by atoms with Gasteiger partial charge in [-0.15, -0.1) is 34.8 Å². The molecule has 360 valence electrons. The lowest BCUT2D eigenvalue weighted by atomic mass is 10.1. The minimum atomic E-state index is -1.66. The van der Waals surface area contributed by atoms with Gasteiger partial charge in [0.15, 0.2) is 11.6 Å². The Morgan fingerprint density at radius 1 is 0.522 bits per heavy atom. The number of methoxy groups -OCH3 is 2. The van der Waals surface area contributed by atoms with Crippen LogP contribution >= 0.6 is 58.0 Å². The van der Waals surface area contributed by atoms with Crippen LogP contribution in [0.15, 0.2) is 111 Å². The van der Waals surface area contributed by atoms with Crippen molar-refractivity contribution in [3.05, 3.63) is 129 Å². The maximum atomic E-state index is 13.6. The zero-order valence-electron chi connectivity index (χ0n) is 38.0. The molecule has 0 heterocycles. The molecule has 21 heteroatoms. The molecule has 0 saturated heterocycles. The summed E-state index contributed by atoms with van der Waals surface area (Å²) in [6, 6.07) is 20.1. The van der Waals surface area contributed by atoms with Crippen LogP contribution in [0.25, 0.3) is 0 Å². The lowest BCUT2D eigenvalue weighted by molar-refractivity contribution is -0.127. The number of amides is 4. The van der Waals surface area contributed by atoms with Crippen LogP contribution in [0.2, 0.25) is 10.0 Å². The van der Waals surface area contributed by atoms with E-state index in [-0.39, 0.29) is 43.9 Å². The quantitative estimate of drug-likeness (QED) is 0.0353. The van der Waals surface area contributed by atoms with Gasteiger partial charge in [0.05, 0.1) is 62.9 Å². The van der Waals surface area contributed by atoms with Crippen molar-refractivity contribution in [2.45, 2.75) is 62.8 Å². The number of hydrogen-bond donors (Lipinski definition) is 4. The van der Waals surface area contributed by atoms with E-state index in [2.05, 4.69) is 41.7 Å². The summed E-state index contributed by atoms with van der Waals surface area (Å²) in [6.07, 6.45) is 0. The molecular weight excluding hydrogens is 994 g/mol. The van der Waals surface area contributed by atoms with Gasteiger partial charge in [-0.05, 0) is 106 Å². The Kier molecular flexibility index (Phi) is 18.8. The van der Waals surface area contributed by atoms with Crippen molar-refractivity contribution in [3.8, 4) is 11.5 Å². The van der Waals surface area contributed by atoms with Crippen LogP contribution in [0.5, 0.6) is 11.5 Å². The van der Waals surface area contributed by atoms with Crippen molar-refractivity contribution >= 4 is 127 Å². The van der Waals surface area contributed by atoms with Crippen LogP contribution in [-0.2, 0) is 19.2 Å². The van der Waals surface area contributed by atoms with E-state index in [1.807, 2.05) is 0 Å². The van der Waals surface area contributed by atoms with Gasteiger partial charge in [0, 0.05) is 11.4 Å². The monoisotopic (exact) mass is 1040 g/mol. The molecule has 5 aromatic rings. The number of nitrogens with one attached hydrogen (secondary N) is 4. The van der Waals surface area contributed by atoms with E-state index in [1.54, 1.807) is 57.2 Å². The summed E-state index contributed by atoms with van der Waals surface area (Å²) in [6.45, 7) is 7.38. The second-order valence-corrected chi connectivity index (χ2v) is 17.8. The second-order valence-electron chi connectivity index (χ2n) is 15.1. The molecule has 0 aliphatic heterocycles. The number of Topliss-reactive ketones (excluding diaryl/α,β-unsaturated/α-hetero) is 2. The molecule has 5 atom stereocenters. The third-order valence-electron chi connectivity index (χ3n) is 10.2. The van der Waals surface area contributed by atoms with E-state index in [4.69, 9.17) is 67.5 Å².